The summed E-state index contributed by atoms with van der Waals surface area (Å²) < 4.78 is 40.2. The second kappa shape index (κ2) is 15.5. The molecule has 13 nitrogen and oxygen atoms in total. The Bertz CT molecular complexity index is 1770. The highest BCUT2D eigenvalue weighted by atomic mass is 19.1. The molecule has 3 aromatic rings. The van der Waals surface area contributed by atoms with Gasteiger partial charge in [-0.05, 0) is 70.0 Å². The van der Waals surface area contributed by atoms with Crippen molar-refractivity contribution in [3.8, 4) is 22.8 Å². The number of rotatable bonds is 10. The predicted molar refractivity (Wildman–Crippen MR) is 180 cm³/mol. The molecule has 5 rings (SSSR count). The van der Waals surface area contributed by atoms with Gasteiger partial charge in [0.1, 0.15) is 54.7 Å². The number of carbonyl (C=O) groups is 4. The highest BCUT2D eigenvalue weighted by molar-refractivity contribution is 6.02. The summed E-state index contributed by atoms with van der Waals surface area (Å²) in [6, 6.07) is 8.24. The molecule has 3 N–H and O–H groups in total. The summed E-state index contributed by atoms with van der Waals surface area (Å²) in [5, 5.41) is 11.1. The van der Waals surface area contributed by atoms with E-state index in [0.29, 0.717) is 23.5 Å². The Hall–Kier alpha value is -4.95. The fraction of sp³-hybridized carbons (Fsp3) is 0.429. The summed E-state index contributed by atoms with van der Waals surface area (Å²) in [6.07, 6.45) is 0.327. The van der Waals surface area contributed by atoms with Gasteiger partial charge in [-0.2, -0.15) is 0 Å². The standard InChI is InChI=1S/C33H36FN3O8.C2H6O2.2H2/c1-7-19(14-42-18(3)38)30(32(41)45-33(4,5)6)37-17(2)28(31(37)40)36-27(39)16-43-21-9-10-22-26(13-21)44-15-24-23-12-20(34)8-11-25(23)35-29(22)24;1-4-2-3;;/h8-13,17,28,35H,7,14-16H2,1-6H3,(H,36,39);3H,2H2,1H3;2*1H/b30-19+;;;. The van der Waals surface area contributed by atoms with E-state index in [0.717, 1.165) is 27.7 Å². The van der Waals surface area contributed by atoms with Crippen LogP contribution in [0.1, 0.15) is 56.4 Å². The summed E-state index contributed by atoms with van der Waals surface area (Å²) in [5.41, 5.74) is 2.88. The van der Waals surface area contributed by atoms with E-state index in [4.69, 9.17) is 24.1 Å². The monoisotopic (exact) mass is 687 g/mol. The molecule has 2 aliphatic rings. The quantitative estimate of drug-likeness (QED) is 0.119. The molecule has 268 valence electrons. The number of esters is 2. The second-order valence-corrected chi connectivity index (χ2v) is 12.4. The molecule has 49 heavy (non-hydrogen) atoms. The molecule has 0 spiro atoms. The SMILES string of the molecule is CC/C(COC(C)=O)=C(/C(=O)OC(C)(C)C)N1C(=O)C(NC(=O)COc2ccc3c(c2)OCc2c-3[nH]c3ccc(F)cc23)C1C.COCO.[HH].[HH]. The number of aliphatic hydroxyl groups excluding tert-OH is 1. The van der Waals surface area contributed by atoms with Crippen LogP contribution in [0.5, 0.6) is 11.5 Å². The normalized spacial score (nSPS) is 16.9. The molecule has 1 fully saturated rings. The molecule has 2 unspecified atom stereocenters. The number of β-lactam (4-membered cyclic amide) rings is 1. The molecule has 0 saturated carbocycles. The summed E-state index contributed by atoms with van der Waals surface area (Å²) >= 11 is 0. The zero-order valence-corrected chi connectivity index (χ0v) is 28.6. The maximum absolute atomic E-state index is 13.8. The molecule has 1 saturated heterocycles. The zero-order valence-electron chi connectivity index (χ0n) is 28.6. The van der Waals surface area contributed by atoms with E-state index < -0.39 is 41.4 Å². The van der Waals surface area contributed by atoms with E-state index in [9.17, 15) is 23.6 Å². The van der Waals surface area contributed by atoms with Crippen molar-refractivity contribution in [1.29, 1.82) is 0 Å². The molecule has 0 radical (unpaired) electrons. The Morgan fingerprint density at radius 2 is 1.88 bits per heavy atom. The topological polar surface area (TPSA) is 166 Å². The number of nitrogens with one attached hydrogen (secondary N) is 2. The van der Waals surface area contributed by atoms with Crippen LogP contribution in [0.15, 0.2) is 47.7 Å². The van der Waals surface area contributed by atoms with Gasteiger partial charge < -0.3 is 39.1 Å². The van der Waals surface area contributed by atoms with Crippen molar-refractivity contribution in [3.63, 3.8) is 0 Å². The van der Waals surface area contributed by atoms with Crippen LogP contribution in [-0.2, 0) is 40.0 Å². The predicted octanol–water partition coefficient (Wildman–Crippen LogP) is 4.60. The Balaban J connectivity index is 0.00000143. The van der Waals surface area contributed by atoms with Gasteiger partial charge in [0.15, 0.2) is 6.61 Å². The molecule has 3 heterocycles. The molecule has 2 aromatic carbocycles. The van der Waals surface area contributed by atoms with Crippen LogP contribution in [0, 0.1) is 5.82 Å². The van der Waals surface area contributed by atoms with Crippen molar-refractivity contribution in [3.05, 3.63) is 59.0 Å². The number of aromatic amines is 1. The van der Waals surface area contributed by atoms with Gasteiger partial charge in [0.2, 0.25) is 0 Å². The number of fused-ring (bicyclic) bond motifs is 5. The van der Waals surface area contributed by atoms with E-state index in [-0.39, 0.29) is 41.0 Å². The molecule has 2 amide bonds. The van der Waals surface area contributed by atoms with Gasteiger partial charge in [-0.15, -0.1) is 0 Å². The van der Waals surface area contributed by atoms with Crippen molar-refractivity contribution in [1.82, 2.24) is 15.2 Å². The molecule has 0 aliphatic carbocycles. The number of halogens is 1. The molecular weight excluding hydrogens is 641 g/mol. The number of H-pyrrole nitrogens is 1. The van der Waals surface area contributed by atoms with Crippen molar-refractivity contribution >= 4 is 34.7 Å². The molecule has 1 aromatic heterocycles. The third kappa shape index (κ3) is 8.56. The fourth-order valence-corrected chi connectivity index (χ4v) is 5.42. The summed E-state index contributed by atoms with van der Waals surface area (Å²) in [4.78, 5) is 55.3. The van der Waals surface area contributed by atoms with E-state index in [1.165, 1.54) is 31.1 Å². The van der Waals surface area contributed by atoms with E-state index in [2.05, 4.69) is 15.0 Å². The number of aliphatic hydroxyl groups is 1. The Labute approximate surface area is 286 Å². The van der Waals surface area contributed by atoms with E-state index >= 15 is 0 Å². The van der Waals surface area contributed by atoms with Crippen LogP contribution in [0.4, 0.5) is 4.39 Å². The Morgan fingerprint density at radius 1 is 1.16 bits per heavy atom. The van der Waals surface area contributed by atoms with Gasteiger partial charge in [0.25, 0.3) is 11.8 Å². The van der Waals surface area contributed by atoms with Gasteiger partial charge in [-0.1, -0.05) is 6.92 Å². The summed E-state index contributed by atoms with van der Waals surface area (Å²) in [6.45, 7) is 9.38. The van der Waals surface area contributed by atoms with Crippen LogP contribution in [0.2, 0.25) is 0 Å². The van der Waals surface area contributed by atoms with E-state index in [1.807, 2.05) is 0 Å². The van der Waals surface area contributed by atoms with Crippen LogP contribution in [-0.4, -0.2) is 83.5 Å². The molecule has 0 bridgehead atoms. The van der Waals surface area contributed by atoms with Crippen LogP contribution >= 0.6 is 0 Å². The highest BCUT2D eigenvalue weighted by Gasteiger charge is 2.50. The number of ether oxygens (including phenoxy) is 5. The third-order valence-electron chi connectivity index (χ3n) is 7.72. The maximum Gasteiger partial charge on any atom is 0.355 e. The number of aromatic nitrogens is 1. The number of hydrogen-bond donors (Lipinski definition) is 3. The Kier molecular flexibility index (Phi) is 11.7. The van der Waals surface area contributed by atoms with E-state index in [1.54, 1.807) is 58.9 Å². The summed E-state index contributed by atoms with van der Waals surface area (Å²) in [7, 11) is 1.43. The lowest BCUT2D eigenvalue weighted by Crippen LogP contribution is -2.70. The first kappa shape index (κ1) is 36.9. The maximum atomic E-state index is 13.8. The van der Waals surface area contributed by atoms with Gasteiger partial charge in [0.05, 0.1) is 11.7 Å². The zero-order chi connectivity index (χ0) is 36.0. The Morgan fingerprint density at radius 3 is 2.49 bits per heavy atom. The molecule has 2 aliphatic heterocycles. The van der Waals surface area contributed by atoms with Gasteiger partial charge in [0, 0.05) is 45.0 Å². The number of likely N-dealkylation sites (tertiary alicyclic amines) is 1. The van der Waals surface area contributed by atoms with Gasteiger partial charge in [-0.25, -0.2) is 9.18 Å². The van der Waals surface area contributed by atoms with Crippen LogP contribution in [0.25, 0.3) is 22.2 Å². The van der Waals surface area contributed by atoms with Crippen LogP contribution < -0.4 is 14.8 Å². The largest absolute Gasteiger partial charge is 0.488 e. The number of benzene rings is 2. The lowest BCUT2D eigenvalue weighted by molar-refractivity contribution is -0.161. The minimum Gasteiger partial charge on any atom is -0.488 e. The average molecular weight is 688 g/mol. The molecular formula is C35H46FN3O10. The third-order valence-corrected chi connectivity index (χ3v) is 7.72. The molecule has 14 heteroatoms. The average Bonchev–Trinajstić information content (AvgIpc) is 3.43. The number of amides is 2. The first-order chi connectivity index (χ1) is 23.2. The van der Waals surface area contributed by atoms with Crippen molar-refractivity contribution < 1.29 is 55.2 Å². The highest BCUT2D eigenvalue weighted by Crippen LogP contribution is 2.42. The van der Waals surface area contributed by atoms with Crippen molar-refractivity contribution in [2.75, 3.05) is 27.1 Å². The van der Waals surface area contributed by atoms with Crippen LogP contribution in [0.3, 0.4) is 0 Å². The summed E-state index contributed by atoms with van der Waals surface area (Å²) in [5.74, 6) is -1.67. The fourth-order valence-electron chi connectivity index (χ4n) is 5.42. The number of methoxy groups -OCH3 is 1. The minimum absolute atomic E-state index is 0. The lowest BCUT2D eigenvalue weighted by Gasteiger charge is -2.46. The number of carbonyl (C=O) groups excluding carboxylic acids is 4. The van der Waals surface area contributed by atoms with Gasteiger partial charge >= 0.3 is 11.9 Å². The first-order valence-corrected chi connectivity index (χ1v) is 15.7. The second-order valence-electron chi connectivity index (χ2n) is 12.4. The van der Waals surface area contributed by atoms with Gasteiger partial charge in [-0.3, -0.25) is 19.3 Å². The van der Waals surface area contributed by atoms with Crippen molar-refractivity contribution in [2.45, 2.75) is 72.3 Å². The lowest BCUT2D eigenvalue weighted by atomic mass is 9.93. The minimum atomic E-state index is -0.900. The number of hydrogen-bond acceptors (Lipinski definition) is 10. The molecule has 2 atom stereocenters. The smallest absolute Gasteiger partial charge is 0.355 e. The first-order valence-electron chi connectivity index (χ1n) is 15.7. The number of nitrogens with zero attached hydrogens (tertiary/aromatic N) is 1. The van der Waals surface area contributed by atoms with Crippen molar-refractivity contribution in [2.24, 2.45) is 0 Å².